The second-order valence-electron chi connectivity index (χ2n) is 8.12. The van der Waals surface area contributed by atoms with E-state index in [1.807, 2.05) is 42.6 Å². The summed E-state index contributed by atoms with van der Waals surface area (Å²) in [5.74, 6) is 1.78. The zero-order valence-electron chi connectivity index (χ0n) is 16.2. The fraction of sp³-hybridized carbons (Fsp3) is 0.478. The first kappa shape index (κ1) is 19.3. The number of aromatic nitrogens is 1. The second kappa shape index (κ2) is 8.52. The molecule has 0 spiro atoms. The number of amides is 1. The van der Waals surface area contributed by atoms with Gasteiger partial charge in [0.2, 0.25) is 5.91 Å². The molecule has 2 aliphatic rings. The van der Waals surface area contributed by atoms with Gasteiger partial charge in [0, 0.05) is 30.9 Å². The standard InChI is InChI=1S/C23H28ClN3O/c24-20-8-6-19(7-9-20)23(12-2-3-13-23)22(28)26-17-18-10-15-27(16-11-18)21-5-1-4-14-25-21/h1,4-9,14,18H,2-3,10-13,15-17H2,(H,26,28). The minimum absolute atomic E-state index is 0.194. The van der Waals surface area contributed by atoms with Gasteiger partial charge < -0.3 is 10.2 Å². The normalized spacial score (nSPS) is 19.5. The lowest BCUT2D eigenvalue weighted by atomic mass is 9.78. The third-order valence-electron chi connectivity index (χ3n) is 6.43. The van der Waals surface area contributed by atoms with Crippen LogP contribution < -0.4 is 10.2 Å². The number of rotatable bonds is 5. The van der Waals surface area contributed by atoms with Crippen LogP contribution in [0, 0.1) is 5.92 Å². The summed E-state index contributed by atoms with van der Waals surface area (Å²) >= 11 is 6.05. The minimum atomic E-state index is -0.376. The Bertz CT molecular complexity index is 779. The topological polar surface area (TPSA) is 45.2 Å². The third kappa shape index (κ3) is 4.02. The summed E-state index contributed by atoms with van der Waals surface area (Å²) in [6.45, 7) is 2.77. The predicted molar refractivity (Wildman–Crippen MR) is 114 cm³/mol. The number of halogens is 1. The lowest BCUT2D eigenvalue weighted by molar-refractivity contribution is -0.126. The Hall–Kier alpha value is -2.07. The van der Waals surface area contributed by atoms with Gasteiger partial charge in [-0.1, -0.05) is 42.6 Å². The SMILES string of the molecule is O=C(NCC1CCN(c2ccccn2)CC1)C1(c2ccc(Cl)cc2)CCCC1. The van der Waals surface area contributed by atoms with Crippen molar-refractivity contribution in [3.63, 3.8) is 0 Å². The van der Waals surface area contributed by atoms with Crippen LogP contribution in [0.1, 0.15) is 44.1 Å². The predicted octanol–water partition coefficient (Wildman–Crippen LogP) is 4.58. The Morgan fingerprint density at radius 2 is 1.82 bits per heavy atom. The van der Waals surface area contributed by atoms with E-state index in [1.165, 1.54) is 0 Å². The fourth-order valence-electron chi connectivity index (χ4n) is 4.71. The van der Waals surface area contributed by atoms with E-state index in [0.29, 0.717) is 5.92 Å². The highest BCUT2D eigenvalue weighted by atomic mass is 35.5. The number of carbonyl (C=O) groups is 1. The molecule has 1 aliphatic heterocycles. The first-order valence-corrected chi connectivity index (χ1v) is 10.8. The largest absolute Gasteiger partial charge is 0.357 e. The highest BCUT2D eigenvalue weighted by Gasteiger charge is 2.42. The first-order valence-electron chi connectivity index (χ1n) is 10.4. The van der Waals surface area contributed by atoms with Crippen molar-refractivity contribution in [2.45, 2.75) is 43.9 Å². The van der Waals surface area contributed by atoms with Crippen molar-refractivity contribution in [2.75, 3.05) is 24.5 Å². The van der Waals surface area contributed by atoms with Gasteiger partial charge in [0.1, 0.15) is 5.82 Å². The van der Waals surface area contributed by atoms with Gasteiger partial charge in [-0.05, 0) is 61.4 Å². The zero-order valence-corrected chi connectivity index (χ0v) is 17.0. The smallest absolute Gasteiger partial charge is 0.230 e. The Morgan fingerprint density at radius 1 is 1.11 bits per heavy atom. The molecule has 0 unspecified atom stereocenters. The molecule has 0 atom stereocenters. The van der Waals surface area contributed by atoms with Crippen LogP contribution in [0.2, 0.25) is 5.02 Å². The molecule has 1 saturated heterocycles. The van der Waals surface area contributed by atoms with Gasteiger partial charge in [0.15, 0.2) is 0 Å². The van der Waals surface area contributed by atoms with E-state index in [9.17, 15) is 4.79 Å². The van der Waals surface area contributed by atoms with Crippen LogP contribution in [0.3, 0.4) is 0 Å². The number of anilines is 1. The van der Waals surface area contributed by atoms with E-state index < -0.39 is 0 Å². The summed E-state index contributed by atoms with van der Waals surface area (Å²) in [6.07, 6.45) is 8.10. The second-order valence-corrected chi connectivity index (χ2v) is 8.56. The molecule has 1 saturated carbocycles. The lowest BCUT2D eigenvalue weighted by Gasteiger charge is -2.34. The first-order chi connectivity index (χ1) is 13.7. The van der Waals surface area contributed by atoms with E-state index >= 15 is 0 Å². The molecule has 4 rings (SSSR count). The molecule has 0 bridgehead atoms. The van der Waals surface area contributed by atoms with Crippen LogP contribution in [-0.4, -0.2) is 30.5 Å². The number of hydrogen-bond donors (Lipinski definition) is 1. The van der Waals surface area contributed by atoms with Gasteiger partial charge in [-0.15, -0.1) is 0 Å². The van der Waals surface area contributed by atoms with Crippen molar-refractivity contribution in [3.05, 3.63) is 59.2 Å². The molecule has 5 heteroatoms. The molecular weight excluding hydrogens is 370 g/mol. The fourth-order valence-corrected chi connectivity index (χ4v) is 4.83. The van der Waals surface area contributed by atoms with E-state index in [0.717, 1.165) is 74.6 Å². The molecule has 2 fully saturated rings. The van der Waals surface area contributed by atoms with Gasteiger partial charge in [-0.3, -0.25) is 4.79 Å². The monoisotopic (exact) mass is 397 g/mol. The molecule has 2 aromatic rings. The van der Waals surface area contributed by atoms with Gasteiger partial charge in [0.25, 0.3) is 0 Å². The Balaban J connectivity index is 1.34. The molecular formula is C23H28ClN3O. The number of benzene rings is 1. The van der Waals surface area contributed by atoms with Gasteiger partial charge >= 0.3 is 0 Å². The average Bonchev–Trinajstić information content (AvgIpc) is 3.25. The zero-order chi connectivity index (χ0) is 19.4. The van der Waals surface area contributed by atoms with Crippen molar-refractivity contribution < 1.29 is 4.79 Å². The maximum Gasteiger partial charge on any atom is 0.230 e. The summed E-state index contributed by atoms with van der Waals surface area (Å²) in [5, 5.41) is 4.02. The van der Waals surface area contributed by atoms with E-state index in [4.69, 9.17) is 11.6 Å². The number of pyridine rings is 1. The van der Waals surface area contributed by atoms with Crippen LogP contribution >= 0.6 is 11.6 Å². The Morgan fingerprint density at radius 3 is 2.46 bits per heavy atom. The molecule has 148 valence electrons. The summed E-state index contributed by atoms with van der Waals surface area (Å²) in [6, 6.07) is 13.9. The number of carbonyl (C=O) groups excluding carboxylic acids is 1. The molecule has 1 N–H and O–H groups in total. The minimum Gasteiger partial charge on any atom is -0.357 e. The van der Waals surface area contributed by atoms with Crippen molar-refractivity contribution in [2.24, 2.45) is 5.92 Å². The maximum absolute atomic E-state index is 13.2. The van der Waals surface area contributed by atoms with E-state index in [2.05, 4.69) is 21.3 Å². The van der Waals surface area contributed by atoms with Crippen molar-refractivity contribution in [3.8, 4) is 0 Å². The number of nitrogens with one attached hydrogen (secondary N) is 1. The summed E-state index contributed by atoms with van der Waals surface area (Å²) in [4.78, 5) is 20.0. The maximum atomic E-state index is 13.2. The summed E-state index contributed by atoms with van der Waals surface area (Å²) in [5.41, 5.74) is 0.732. The van der Waals surface area contributed by atoms with Gasteiger partial charge in [0.05, 0.1) is 5.41 Å². The lowest BCUT2D eigenvalue weighted by Crippen LogP contribution is -2.46. The third-order valence-corrected chi connectivity index (χ3v) is 6.68. The van der Waals surface area contributed by atoms with E-state index in [1.54, 1.807) is 0 Å². The van der Waals surface area contributed by atoms with Gasteiger partial charge in [-0.2, -0.15) is 0 Å². The average molecular weight is 398 g/mol. The number of nitrogens with zero attached hydrogens (tertiary/aromatic N) is 2. The quantitative estimate of drug-likeness (QED) is 0.803. The van der Waals surface area contributed by atoms with Crippen LogP contribution in [0.25, 0.3) is 0 Å². The van der Waals surface area contributed by atoms with Crippen LogP contribution in [0.4, 0.5) is 5.82 Å². The molecule has 1 aliphatic carbocycles. The summed E-state index contributed by atoms with van der Waals surface area (Å²) in [7, 11) is 0. The highest BCUT2D eigenvalue weighted by molar-refractivity contribution is 6.30. The summed E-state index contributed by atoms with van der Waals surface area (Å²) < 4.78 is 0. The number of hydrogen-bond acceptors (Lipinski definition) is 3. The Labute approximate surface area is 172 Å². The van der Waals surface area contributed by atoms with Crippen LogP contribution in [0.5, 0.6) is 0 Å². The highest BCUT2D eigenvalue weighted by Crippen LogP contribution is 2.41. The van der Waals surface area contributed by atoms with Crippen LogP contribution in [0.15, 0.2) is 48.7 Å². The molecule has 0 radical (unpaired) electrons. The molecule has 1 amide bonds. The van der Waals surface area contributed by atoms with Crippen molar-refractivity contribution in [1.29, 1.82) is 0 Å². The van der Waals surface area contributed by atoms with Crippen LogP contribution in [-0.2, 0) is 10.2 Å². The molecule has 1 aromatic carbocycles. The molecule has 4 nitrogen and oxygen atoms in total. The molecule has 28 heavy (non-hydrogen) atoms. The number of piperidine rings is 1. The molecule has 1 aromatic heterocycles. The Kier molecular flexibility index (Phi) is 5.86. The molecule has 2 heterocycles. The van der Waals surface area contributed by atoms with Gasteiger partial charge in [-0.25, -0.2) is 4.98 Å². The van der Waals surface area contributed by atoms with E-state index in [-0.39, 0.29) is 11.3 Å². The van der Waals surface area contributed by atoms with Crippen molar-refractivity contribution >= 4 is 23.3 Å². The van der Waals surface area contributed by atoms with Crippen molar-refractivity contribution in [1.82, 2.24) is 10.3 Å².